The lowest BCUT2D eigenvalue weighted by molar-refractivity contribution is -0.128. The first kappa shape index (κ1) is 18.3. The Hall–Kier alpha value is -2.05. The summed E-state index contributed by atoms with van der Waals surface area (Å²) in [4.78, 5) is 24.0. The van der Waals surface area contributed by atoms with E-state index in [-0.39, 0.29) is 0 Å². The van der Waals surface area contributed by atoms with Crippen molar-refractivity contribution in [3.63, 3.8) is 0 Å². The fourth-order valence-electron chi connectivity index (χ4n) is 1.88. The molecule has 2 aromatic rings. The quantitative estimate of drug-likeness (QED) is 0.755. The minimum absolute atomic E-state index is 0.411. The van der Waals surface area contributed by atoms with Crippen LogP contribution in [0.4, 0.5) is 0 Å². The minimum atomic E-state index is -0.782. The zero-order valence-electron chi connectivity index (χ0n) is 13.1. The summed E-state index contributed by atoms with van der Waals surface area (Å²) in [6.45, 7) is 3.43. The van der Waals surface area contributed by atoms with Gasteiger partial charge in [0, 0.05) is 15.1 Å². The molecular formula is C17H16BrClN2O3. The van der Waals surface area contributed by atoms with Crippen molar-refractivity contribution in [2.75, 3.05) is 0 Å². The molecule has 0 spiro atoms. The highest BCUT2D eigenvalue weighted by molar-refractivity contribution is 9.10. The molecule has 0 aliphatic heterocycles. The van der Waals surface area contributed by atoms with Crippen molar-refractivity contribution in [3.05, 3.63) is 63.1 Å². The van der Waals surface area contributed by atoms with Crippen molar-refractivity contribution in [2.24, 2.45) is 0 Å². The van der Waals surface area contributed by atoms with E-state index in [9.17, 15) is 9.59 Å². The highest BCUT2D eigenvalue weighted by atomic mass is 79.9. The molecular weight excluding hydrogens is 396 g/mol. The molecule has 2 N–H and O–H groups in total. The van der Waals surface area contributed by atoms with E-state index in [2.05, 4.69) is 26.8 Å². The number of benzene rings is 2. The molecule has 0 heterocycles. The monoisotopic (exact) mass is 410 g/mol. The van der Waals surface area contributed by atoms with Crippen LogP contribution in [0.3, 0.4) is 0 Å². The largest absolute Gasteiger partial charge is 0.481 e. The lowest BCUT2D eigenvalue weighted by atomic mass is 10.2. The number of halogens is 2. The van der Waals surface area contributed by atoms with Crippen molar-refractivity contribution < 1.29 is 14.3 Å². The van der Waals surface area contributed by atoms with Crippen molar-refractivity contribution in [1.82, 2.24) is 10.9 Å². The average Bonchev–Trinajstić information content (AvgIpc) is 2.55. The number of rotatable bonds is 4. The first-order valence-electron chi connectivity index (χ1n) is 7.15. The van der Waals surface area contributed by atoms with E-state index < -0.39 is 17.9 Å². The smallest absolute Gasteiger partial charge is 0.279 e. The van der Waals surface area contributed by atoms with Gasteiger partial charge in [0.1, 0.15) is 5.75 Å². The van der Waals surface area contributed by atoms with Gasteiger partial charge < -0.3 is 4.74 Å². The van der Waals surface area contributed by atoms with Crippen LogP contribution in [-0.2, 0) is 4.79 Å². The Kier molecular flexibility index (Phi) is 6.23. The Labute approximate surface area is 153 Å². The summed E-state index contributed by atoms with van der Waals surface area (Å²) in [6, 6.07) is 11.9. The van der Waals surface area contributed by atoms with Crippen LogP contribution >= 0.6 is 27.5 Å². The summed E-state index contributed by atoms with van der Waals surface area (Å²) < 4.78 is 6.45. The Morgan fingerprint density at radius 2 is 1.79 bits per heavy atom. The van der Waals surface area contributed by atoms with Crippen LogP contribution in [0.15, 0.2) is 46.9 Å². The van der Waals surface area contributed by atoms with Gasteiger partial charge in [-0.1, -0.05) is 27.5 Å². The van der Waals surface area contributed by atoms with Crippen molar-refractivity contribution in [3.8, 4) is 5.75 Å². The Bertz CT molecular complexity index is 750. The molecule has 2 aromatic carbocycles. The average molecular weight is 412 g/mol. The third kappa shape index (κ3) is 4.97. The maximum absolute atomic E-state index is 12.0. The van der Waals surface area contributed by atoms with Crippen molar-refractivity contribution in [1.29, 1.82) is 0 Å². The van der Waals surface area contributed by atoms with Gasteiger partial charge in [-0.25, -0.2) is 0 Å². The maximum Gasteiger partial charge on any atom is 0.279 e. The molecule has 0 aromatic heterocycles. The molecule has 5 nitrogen and oxygen atoms in total. The number of carbonyl (C=O) groups excluding carboxylic acids is 2. The Morgan fingerprint density at radius 1 is 1.12 bits per heavy atom. The molecule has 0 bridgehead atoms. The van der Waals surface area contributed by atoms with Crippen LogP contribution < -0.4 is 15.6 Å². The molecule has 7 heteroatoms. The fraction of sp³-hybridized carbons (Fsp3) is 0.176. The first-order valence-corrected chi connectivity index (χ1v) is 8.32. The molecule has 2 amide bonds. The minimum Gasteiger partial charge on any atom is -0.481 e. The molecule has 0 fully saturated rings. The summed E-state index contributed by atoms with van der Waals surface area (Å²) >= 11 is 9.17. The number of carbonyl (C=O) groups is 2. The number of ether oxygens (including phenoxy) is 1. The third-order valence-corrected chi connectivity index (χ3v) is 3.98. The molecule has 0 radical (unpaired) electrons. The zero-order chi connectivity index (χ0) is 17.7. The van der Waals surface area contributed by atoms with Crippen molar-refractivity contribution >= 4 is 39.3 Å². The topological polar surface area (TPSA) is 67.4 Å². The van der Waals surface area contributed by atoms with Gasteiger partial charge in [0.25, 0.3) is 11.8 Å². The van der Waals surface area contributed by atoms with Crippen LogP contribution in [-0.4, -0.2) is 17.9 Å². The Balaban J connectivity index is 1.89. The molecule has 0 saturated carbocycles. The highest BCUT2D eigenvalue weighted by Gasteiger charge is 2.16. The van der Waals surface area contributed by atoms with Crippen LogP contribution in [0, 0.1) is 6.92 Å². The van der Waals surface area contributed by atoms with E-state index >= 15 is 0 Å². The lowest BCUT2D eigenvalue weighted by Gasteiger charge is -2.16. The first-order chi connectivity index (χ1) is 11.4. The molecule has 1 atom stereocenters. The zero-order valence-corrected chi connectivity index (χ0v) is 15.4. The molecule has 0 aliphatic carbocycles. The maximum atomic E-state index is 12.0. The van der Waals surface area contributed by atoms with E-state index in [0.717, 1.165) is 10.0 Å². The van der Waals surface area contributed by atoms with Crippen LogP contribution in [0.25, 0.3) is 0 Å². The van der Waals surface area contributed by atoms with E-state index in [4.69, 9.17) is 16.3 Å². The van der Waals surface area contributed by atoms with Gasteiger partial charge in [-0.05, 0) is 61.9 Å². The van der Waals surface area contributed by atoms with Gasteiger partial charge in [0.05, 0.1) is 0 Å². The van der Waals surface area contributed by atoms with E-state index in [1.807, 2.05) is 6.92 Å². The molecule has 2 rings (SSSR count). The van der Waals surface area contributed by atoms with Crippen molar-refractivity contribution in [2.45, 2.75) is 20.0 Å². The van der Waals surface area contributed by atoms with Crippen LogP contribution in [0.2, 0.25) is 5.02 Å². The SMILES string of the molecule is Cc1cc(Cl)ccc1O[C@@H](C)C(=O)NNC(=O)c1ccc(Br)cc1. The van der Waals surface area contributed by atoms with E-state index in [1.54, 1.807) is 49.4 Å². The van der Waals surface area contributed by atoms with E-state index in [0.29, 0.717) is 16.3 Å². The molecule has 0 unspecified atom stereocenters. The summed E-state index contributed by atoms with van der Waals surface area (Å²) in [7, 11) is 0. The lowest BCUT2D eigenvalue weighted by Crippen LogP contribution is -2.47. The normalized spacial score (nSPS) is 11.5. The van der Waals surface area contributed by atoms with E-state index in [1.165, 1.54) is 0 Å². The van der Waals surface area contributed by atoms with Crippen LogP contribution in [0.5, 0.6) is 5.75 Å². The van der Waals surface area contributed by atoms with Gasteiger partial charge >= 0.3 is 0 Å². The number of amides is 2. The summed E-state index contributed by atoms with van der Waals surface area (Å²) in [6.07, 6.45) is -0.782. The number of hydrazine groups is 1. The summed E-state index contributed by atoms with van der Waals surface area (Å²) in [5.74, 6) is -0.318. The fourth-order valence-corrected chi connectivity index (χ4v) is 2.37. The van der Waals surface area contributed by atoms with Gasteiger partial charge in [-0.15, -0.1) is 0 Å². The Morgan fingerprint density at radius 3 is 2.42 bits per heavy atom. The standard InChI is InChI=1S/C17H16BrClN2O3/c1-10-9-14(19)7-8-15(10)24-11(2)16(22)20-21-17(23)12-3-5-13(18)6-4-12/h3-9,11H,1-2H3,(H,20,22)(H,21,23)/t11-/m0/s1. The number of aryl methyl sites for hydroxylation is 1. The number of hydrogen-bond donors (Lipinski definition) is 2. The number of nitrogens with one attached hydrogen (secondary N) is 2. The summed E-state index contributed by atoms with van der Waals surface area (Å²) in [5, 5.41) is 0.596. The van der Waals surface area contributed by atoms with Gasteiger partial charge in [-0.3, -0.25) is 20.4 Å². The predicted octanol–water partition coefficient (Wildman–Crippen LogP) is 3.64. The molecule has 0 aliphatic rings. The second-order valence-electron chi connectivity index (χ2n) is 5.12. The highest BCUT2D eigenvalue weighted by Crippen LogP contribution is 2.22. The second kappa shape index (κ2) is 8.17. The molecule has 24 heavy (non-hydrogen) atoms. The predicted molar refractivity (Wildman–Crippen MR) is 96.0 cm³/mol. The third-order valence-electron chi connectivity index (χ3n) is 3.22. The van der Waals surface area contributed by atoms with Crippen LogP contribution in [0.1, 0.15) is 22.8 Å². The van der Waals surface area contributed by atoms with Gasteiger partial charge in [0.2, 0.25) is 0 Å². The number of hydrogen-bond acceptors (Lipinski definition) is 3. The molecule has 126 valence electrons. The second-order valence-corrected chi connectivity index (χ2v) is 6.47. The van der Waals surface area contributed by atoms with Gasteiger partial charge in [0.15, 0.2) is 6.10 Å². The summed E-state index contributed by atoms with van der Waals surface area (Å²) in [5.41, 5.74) is 5.95. The molecule has 0 saturated heterocycles. The van der Waals surface area contributed by atoms with Gasteiger partial charge in [-0.2, -0.15) is 0 Å².